The summed E-state index contributed by atoms with van der Waals surface area (Å²) in [5.41, 5.74) is 3.27. The second kappa shape index (κ2) is 4.94. The van der Waals surface area contributed by atoms with Crippen LogP contribution in [0, 0.1) is 0 Å². The molecule has 0 aromatic heterocycles. The van der Waals surface area contributed by atoms with Gasteiger partial charge in [-0.1, -0.05) is 39.0 Å². The third-order valence-electron chi connectivity index (χ3n) is 2.87. The van der Waals surface area contributed by atoms with Gasteiger partial charge in [-0.15, -0.1) is 0 Å². The van der Waals surface area contributed by atoms with Crippen molar-refractivity contribution in [3.8, 4) is 0 Å². The lowest BCUT2D eigenvalue weighted by atomic mass is 9.90. The van der Waals surface area contributed by atoms with E-state index in [-0.39, 0.29) is 0 Å². The first-order valence-electron chi connectivity index (χ1n) is 5.31. The Kier molecular flexibility index (Phi) is 3.87. The summed E-state index contributed by atoms with van der Waals surface area (Å²) in [6, 6.07) is 6.15. The standard InChI is InChI=1S/C13H18O/c1-4-10(3)12-8-6-7-11(5-2)13(12)9-14/h6-10H,4-5H2,1-3H3. The predicted molar refractivity (Wildman–Crippen MR) is 59.9 cm³/mol. The lowest BCUT2D eigenvalue weighted by molar-refractivity contribution is 0.112. The number of hydrogen-bond acceptors (Lipinski definition) is 1. The van der Waals surface area contributed by atoms with Crippen molar-refractivity contribution in [2.45, 2.75) is 39.5 Å². The Hall–Kier alpha value is -1.11. The van der Waals surface area contributed by atoms with Gasteiger partial charge in [0.2, 0.25) is 0 Å². The predicted octanol–water partition coefficient (Wildman–Crippen LogP) is 3.58. The van der Waals surface area contributed by atoms with Crippen molar-refractivity contribution >= 4 is 6.29 Å². The zero-order chi connectivity index (χ0) is 10.6. The Labute approximate surface area is 86.1 Å². The summed E-state index contributed by atoms with van der Waals surface area (Å²) >= 11 is 0. The highest BCUT2D eigenvalue weighted by Crippen LogP contribution is 2.24. The first-order chi connectivity index (χ1) is 6.74. The van der Waals surface area contributed by atoms with E-state index in [0.717, 1.165) is 30.3 Å². The number of rotatable bonds is 4. The van der Waals surface area contributed by atoms with Gasteiger partial charge in [-0.2, -0.15) is 0 Å². The Balaban J connectivity index is 3.21. The van der Waals surface area contributed by atoms with Gasteiger partial charge < -0.3 is 0 Å². The molecule has 0 radical (unpaired) electrons. The minimum Gasteiger partial charge on any atom is -0.298 e. The molecule has 1 rings (SSSR count). The van der Waals surface area contributed by atoms with Crippen molar-refractivity contribution in [2.24, 2.45) is 0 Å². The number of carbonyl (C=O) groups is 1. The zero-order valence-corrected chi connectivity index (χ0v) is 9.21. The first-order valence-corrected chi connectivity index (χ1v) is 5.31. The van der Waals surface area contributed by atoms with Crippen LogP contribution >= 0.6 is 0 Å². The average molecular weight is 190 g/mol. The maximum atomic E-state index is 11.0. The third-order valence-corrected chi connectivity index (χ3v) is 2.87. The van der Waals surface area contributed by atoms with Gasteiger partial charge in [-0.3, -0.25) is 4.79 Å². The molecule has 76 valence electrons. The maximum Gasteiger partial charge on any atom is 0.150 e. The molecular weight excluding hydrogens is 172 g/mol. The molecule has 0 aliphatic heterocycles. The summed E-state index contributed by atoms with van der Waals surface area (Å²) in [7, 11) is 0. The molecule has 0 aliphatic rings. The Morgan fingerprint density at radius 2 is 2.07 bits per heavy atom. The van der Waals surface area contributed by atoms with Crippen LogP contribution in [0.25, 0.3) is 0 Å². The van der Waals surface area contributed by atoms with Crippen molar-refractivity contribution in [1.29, 1.82) is 0 Å². The second-order valence-electron chi connectivity index (χ2n) is 3.70. The van der Waals surface area contributed by atoms with E-state index >= 15 is 0 Å². The van der Waals surface area contributed by atoms with Gasteiger partial charge in [0.15, 0.2) is 6.29 Å². The van der Waals surface area contributed by atoms with Crippen LogP contribution in [0.5, 0.6) is 0 Å². The van der Waals surface area contributed by atoms with Crippen molar-refractivity contribution in [3.05, 3.63) is 34.9 Å². The lowest BCUT2D eigenvalue weighted by Crippen LogP contribution is -2.01. The summed E-state index contributed by atoms with van der Waals surface area (Å²) in [6.07, 6.45) is 3.01. The summed E-state index contributed by atoms with van der Waals surface area (Å²) in [4.78, 5) is 11.0. The van der Waals surface area contributed by atoms with Gasteiger partial charge >= 0.3 is 0 Å². The van der Waals surface area contributed by atoms with E-state index in [0.29, 0.717) is 5.92 Å². The monoisotopic (exact) mass is 190 g/mol. The van der Waals surface area contributed by atoms with Gasteiger partial charge in [0.05, 0.1) is 0 Å². The molecule has 0 saturated heterocycles. The van der Waals surface area contributed by atoms with Crippen LogP contribution in [0.2, 0.25) is 0 Å². The molecule has 0 N–H and O–H groups in total. The molecule has 1 atom stereocenters. The molecule has 0 fully saturated rings. The summed E-state index contributed by atoms with van der Waals surface area (Å²) < 4.78 is 0. The zero-order valence-electron chi connectivity index (χ0n) is 9.21. The summed E-state index contributed by atoms with van der Waals surface area (Å²) in [6.45, 7) is 6.41. The molecule has 1 heteroatoms. The molecule has 0 spiro atoms. The van der Waals surface area contributed by atoms with Crippen LogP contribution in [0.3, 0.4) is 0 Å². The lowest BCUT2D eigenvalue weighted by Gasteiger charge is -2.14. The molecule has 0 heterocycles. The number of carbonyl (C=O) groups excluding carboxylic acids is 1. The average Bonchev–Trinajstić information content (AvgIpc) is 2.26. The van der Waals surface area contributed by atoms with Crippen molar-refractivity contribution in [1.82, 2.24) is 0 Å². The summed E-state index contributed by atoms with van der Waals surface area (Å²) in [5.74, 6) is 0.474. The van der Waals surface area contributed by atoms with Gasteiger partial charge in [-0.25, -0.2) is 0 Å². The minimum atomic E-state index is 0.474. The second-order valence-corrected chi connectivity index (χ2v) is 3.70. The number of hydrogen-bond donors (Lipinski definition) is 0. The molecule has 1 aromatic rings. The van der Waals surface area contributed by atoms with Crippen molar-refractivity contribution in [2.75, 3.05) is 0 Å². The maximum absolute atomic E-state index is 11.0. The fourth-order valence-corrected chi connectivity index (χ4v) is 1.73. The van der Waals surface area contributed by atoms with Crippen molar-refractivity contribution < 1.29 is 4.79 Å². The Morgan fingerprint density at radius 3 is 2.57 bits per heavy atom. The first kappa shape index (κ1) is 11.0. The van der Waals surface area contributed by atoms with E-state index in [1.807, 2.05) is 12.1 Å². The van der Waals surface area contributed by atoms with Gasteiger partial charge in [0.25, 0.3) is 0 Å². The molecule has 0 amide bonds. The smallest absolute Gasteiger partial charge is 0.150 e. The molecule has 0 aliphatic carbocycles. The van der Waals surface area contributed by atoms with E-state index in [1.54, 1.807) is 0 Å². The molecular formula is C13H18O. The Morgan fingerprint density at radius 1 is 1.36 bits per heavy atom. The van der Waals surface area contributed by atoms with Gasteiger partial charge in [0, 0.05) is 5.56 Å². The van der Waals surface area contributed by atoms with E-state index in [9.17, 15) is 4.79 Å². The van der Waals surface area contributed by atoms with Gasteiger partial charge in [-0.05, 0) is 29.9 Å². The van der Waals surface area contributed by atoms with Crippen molar-refractivity contribution in [3.63, 3.8) is 0 Å². The molecule has 1 aromatic carbocycles. The molecule has 0 saturated carbocycles. The van der Waals surface area contributed by atoms with Crippen LogP contribution in [-0.4, -0.2) is 6.29 Å². The van der Waals surface area contributed by atoms with Crippen LogP contribution in [0.1, 0.15) is 54.6 Å². The quantitative estimate of drug-likeness (QED) is 0.663. The number of benzene rings is 1. The largest absolute Gasteiger partial charge is 0.298 e. The number of aryl methyl sites for hydroxylation is 1. The highest BCUT2D eigenvalue weighted by Gasteiger charge is 2.10. The van der Waals surface area contributed by atoms with E-state index in [4.69, 9.17) is 0 Å². The Bertz CT molecular complexity index is 315. The molecule has 0 bridgehead atoms. The van der Waals surface area contributed by atoms with E-state index in [1.165, 1.54) is 5.56 Å². The van der Waals surface area contributed by atoms with Crippen LogP contribution in [0.4, 0.5) is 0 Å². The fraction of sp³-hybridized carbons (Fsp3) is 0.462. The minimum absolute atomic E-state index is 0.474. The van der Waals surface area contributed by atoms with Gasteiger partial charge in [0.1, 0.15) is 0 Å². The van der Waals surface area contributed by atoms with Crippen LogP contribution in [-0.2, 0) is 6.42 Å². The van der Waals surface area contributed by atoms with E-state index < -0.39 is 0 Å². The molecule has 1 nitrogen and oxygen atoms in total. The fourth-order valence-electron chi connectivity index (χ4n) is 1.73. The normalized spacial score (nSPS) is 12.5. The highest BCUT2D eigenvalue weighted by atomic mass is 16.1. The summed E-state index contributed by atoms with van der Waals surface area (Å²) in [5, 5.41) is 0. The SMILES string of the molecule is CCc1cccc(C(C)CC)c1C=O. The number of aldehydes is 1. The topological polar surface area (TPSA) is 17.1 Å². The third kappa shape index (κ3) is 2.03. The highest BCUT2D eigenvalue weighted by molar-refractivity contribution is 5.80. The molecule has 1 unspecified atom stereocenters. The van der Waals surface area contributed by atoms with Crippen LogP contribution < -0.4 is 0 Å². The van der Waals surface area contributed by atoms with E-state index in [2.05, 4.69) is 26.8 Å². The molecule has 14 heavy (non-hydrogen) atoms. The van der Waals surface area contributed by atoms with Crippen LogP contribution in [0.15, 0.2) is 18.2 Å².